The van der Waals surface area contributed by atoms with E-state index in [9.17, 15) is 5.11 Å². The van der Waals surface area contributed by atoms with Gasteiger partial charge in [-0.2, -0.15) is 0 Å². The highest BCUT2D eigenvalue weighted by Gasteiger charge is 2.15. The molecule has 31 heavy (non-hydrogen) atoms. The molecule has 5 nitrogen and oxygen atoms in total. The molecule has 160 valence electrons. The molecule has 0 aliphatic rings. The minimum Gasteiger partial charge on any atom is -0.491 e. The maximum absolute atomic E-state index is 10.7. The van der Waals surface area contributed by atoms with Crippen molar-refractivity contribution in [2.24, 2.45) is 0 Å². The molecule has 1 atom stereocenters. The second kappa shape index (κ2) is 9.23. The van der Waals surface area contributed by atoms with Crippen LogP contribution in [-0.2, 0) is 13.2 Å². The van der Waals surface area contributed by atoms with Crippen molar-refractivity contribution in [3.05, 3.63) is 89.2 Å². The van der Waals surface area contributed by atoms with Crippen LogP contribution in [0.3, 0.4) is 0 Å². The van der Waals surface area contributed by atoms with Crippen LogP contribution < -0.4 is 9.47 Å². The van der Waals surface area contributed by atoms with Gasteiger partial charge < -0.3 is 19.1 Å². The molecule has 0 aliphatic heterocycles. The molecule has 1 N–H and O–H groups in total. The Labute approximate surface area is 182 Å². The van der Waals surface area contributed by atoms with Crippen LogP contribution >= 0.6 is 0 Å². The smallest absolute Gasteiger partial charge is 0.148 e. The number of aliphatic hydroxyl groups is 1. The fourth-order valence-corrected chi connectivity index (χ4v) is 3.76. The summed E-state index contributed by atoms with van der Waals surface area (Å²) >= 11 is 0. The first kappa shape index (κ1) is 20.9. The van der Waals surface area contributed by atoms with Crippen LogP contribution in [0.1, 0.15) is 22.5 Å². The van der Waals surface area contributed by atoms with Gasteiger partial charge in [-0.25, -0.2) is 4.98 Å². The molecular formula is C26H28N2O3. The molecule has 0 radical (unpaired) electrons. The summed E-state index contributed by atoms with van der Waals surface area (Å²) in [4.78, 5) is 4.73. The summed E-state index contributed by atoms with van der Waals surface area (Å²) < 4.78 is 13.9. The fraction of sp³-hybridized carbons (Fsp3) is 0.269. The lowest BCUT2D eigenvalue weighted by Crippen LogP contribution is -2.25. The summed E-state index contributed by atoms with van der Waals surface area (Å²) in [5, 5.41) is 10.7. The van der Waals surface area contributed by atoms with Crippen LogP contribution in [0.4, 0.5) is 0 Å². The van der Waals surface area contributed by atoms with Crippen molar-refractivity contribution in [2.45, 2.75) is 40.0 Å². The van der Waals surface area contributed by atoms with Crippen molar-refractivity contribution in [1.82, 2.24) is 9.55 Å². The molecule has 4 aromatic rings. The first-order chi connectivity index (χ1) is 15.0. The molecule has 1 aromatic heterocycles. The largest absolute Gasteiger partial charge is 0.491 e. The number of rotatable bonds is 8. The summed E-state index contributed by atoms with van der Waals surface area (Å²) in [5.74, 6) is 2.35. The predicted molar refractivity (Wildman–Crippen MR) is 123 cm³/mol. The average molecular weight is 417 g/mol. The second-order valence-electron chi connectivity index (χ2n) is 8.02. The zero-order valence-corrected chi connectivity index (χ0v) is 18.2. The van der Waals surface area contributed by atoms with E-state index in [2.05, 4.69) is 6.07 Å². The minimum atomic E-state index is -0.684. The van der Waals surface area contributed by atoms with Crippen molar-refractivity contribution in [3.63, 3.8) is 0 Å². The lowest BCUT2D eigenvalue weighted by Gasteiger charge is -2.16. The highest BCUT2D eigenvalue weighted by Crippen LogP contribution is 2.20. The zero-order chi connectivity index (χ0) is 21.8. The SMILES string of the molecule is Cc1cccc(OCc2nc3ccccc3n2C[C@@H](O)COc2cc(C)cc(C)c2)c1. The van der Waals surface area contributed by atoms with Gasteiger partial charge in [0.25, 0.3) is 0 Å². The topological polar surface area (TPSA) is 56.5 Å². The molecule has 0 fully saturated rings. The summed E-state index contributed by atoms with van der Waals surface area (Å²) in [5.41, 5.74) is 5.27. The number of aliphatic hydroxyl groups excluding tert-OH is 1. The van der Waals surface area contributed by atoms with Gasteiger partial charge in [0.1, 0.15) is 36.6 Å². The van der Waals surface area contributed by atoms with Crippen molar-refractivity contribution in [3.8, 4) is 11.5 Å². The van der Waals surface area contributed by atoms with E-state index in [1.807, 2.05) is 86.0 Å². The molecule has 0 spiro atoms. The Morgan fingerprint density at radius 1 is 0.839 bits per heavy atom. The first-order valence-electron chi connectivity index (χ1n) is 10.5. The number of ether oxygens (including phenoxy) is 2. The second-order valence-corrected chi connectivity index (χ2v) is 8.02. The van der Waals surface area contributed by atoms with Gasteiger partial charge in [0.15, 0.2) is 0 Å². The Bertz CT molecular complexity index is 1160. The van der Waals surface area contributed by atoms with E-state index in [0.717, 1.165) is 45.0 Å². The minimum absolute atomic E-state index is 0.202. The molecular weight excluding hydrogens is 388 g/mol. The third-order valence-corrected chi connectivity index (χ3v) is 5.12. The van der Waals surface area contributed by atoms with E-state index in [1.165, 1.54) is 0 Å². The number of hydrogen-bond donors (Lipinski definition) is 1. The van der Waals surface area contributed by atoms with E-state index >= 15 is 0 Å². The van der Waals surface area contributed by atoms with Crippen molar-refractivity contribution >= 4 is 11.0 Å². The van der Waals surface area contributed by atoms with E-state index in [0.29, 0.717) is 13.2 Å². The van der Waals surface area contributed by atoms with Crippen molar-refractivity contribution in [2.75, 3.05) is 6.61 Å². The molecule has 0 amide bonds. The number of aryl methyl sites for hydroxylation is 3. The summed E-state index contributed by atoms with van der Waals surface area (Å²) in [7, 11) is 0. The van der Waals surface area contributed by atoms with Crippen molar-refractivity contribution in [1.29, 1.82) is 0 Å². The fourth-order valence-electron chi connectivity index (χ4n) is 3.76. The third-order valence-electron chi connectivity index (χ3n) is 5.12. The van der Waals surface area contributed by atoms with Gasteiger partial charge in [-0.3, -0.25) is 0 Å². The quantitative estimate of drug-likeness (QED) is 0.440. The van der Waals surface area contributed by atoms with E-state index in [4.69, 9.17) is 14.5 Å². The summed E-state index contributed by atoms with van der Waals surface area (Å²) in [6.45, 7) is 7.01. The molecule has 0 aliphatic carbocycles. The van der Waals surface area contributed by atoms with Crippen molar-refractivity contribution < 1.29 is 14.6 Å². The Morgan fingerprint density at radius 3 is 2.35 bits per heavy atom. The lowest BCUT2D eigenvalue weighted by atomic mass is 10.1. The van der Waals surface area contributed by atoms with E-state index < -0.39 is 6.10 Å². The Morgan fingerprint density at radius 2 is 1.58 bits per heavy atom. The summed E-state index contributed by atoms with van der Waals surface area (Å²) in [6, 6.07) is 21.9. The van der Waals surface area contributed by atoms with Crippen LogP contribution in [0.2, 0.25) is 0 Å². The molecule has 3 aromatic carbocycles. The van der Waals surface area contributed by atoms with Gasteiger partial charge >= 0.3 is 0 Å². The Balaban J connectivity index is 1.49. The first-order valence-corrected chi connectivity index (χ1v) is 10.5. The Hall–Kier alpha value is -3.31. The number of fused-ring (bicyclic) bond motifs is 1. The maximum atomic E-state index is 10.7. The van der Waals surface area contributed by atoms with Gasteiger partial charge in [-0.15, -0.1) is 0 Å². The van der Waals surface area contributed by atoms with E-state index in [1.54, 1.807) is 0 Å². The van der Waals surface area contributed by atoms with Crippen LogP contribution in [-0.4, -0.2) is 27.4 Å². The monoisotopic (exact) mass is 416 g/mol. The van der Waals surface area contributed by atoms with Crippen LogP contribution in [0.25, 0.3) is 11.0 Å². The molecule has 4 rings (SSSR count). The van der Waals surface area contributed by atoms with E-state index in [-0.39, 0.29) is 6.61 Å². The number of para-hydroxylation sites is 2. The van der Waals surface area contributed by atoms with Crippen LogP contribution in [0.5, 0.6) is 11.5 Å². The predicted octanol–water partition coefficient (Wildman–Crippen LogP) is 4.98. The highest BCUT2D eigenvalue weighted by atomic mass is 16.5. The highest BCUT2D eigenvalue weighted by molar-refractivity contribution is 5.75. The normalized spacial score (nSPS) is 12.1. The third kappa shape index (κ3) is 5.25. The molecule has 1 heterocycles. The number of nitrogens with zero attached hydrogens (tertiary/aromatic N) is 2. The van der Waals surface area contributed by atoms with Crippen LogP contribution in [0.15, 0.2) is 66.7 Å². The molecule has 0 unspecified atom stereocenters. The standard InChI is InChI=1S/C26H28N2O3/c1-18-7-6-8-22(12-18)31-17-26-27-24-9-4-5-10-25(24)28(26)15-21(29)16-30-23-13-19(2)11-20(3)14-23/h4-14,21,29H,15-17H2,1-3H3/t21-/m1/s1. The van der Waals surface area contributed by atoms with Gasteiger partial charge in [-0.05, 0) is 73.9 Å². The zero-order valence-electron chi connectivity index (χ0n) is 18.2. The molecule has 0 bridgehead atoms. The van der Waals surface area contributed by atoms with Gasteiger partial charge in [0.2, 0.25) is 0 Å². The number of imidazole rings is 1. The molecule has 0 saturated carbocycles. The molecule has 5 heteroatoms. The van der Waals surface area contributed by atoms with Gasteiger partial charge in [0.05, 0.1) is 17.6 Å². The Kier molecular flexibility index (Phi) is 6.23. The van der Waals surface area contributed by atoms with Gasteiger partial charge in [-0.1, -0.05) is 30.3 Å². The maximum Gasteiger partial charge on any atom is 0.148 e. The number of hydrogen-bond acceptors (Lipinski definition) is 4. The number of benzene rings is 3. The van der Waals surface area contributed by atoms with Gasteiger partial charge in [0, 0.05) is 0 Å². The summed E-state index contributed by atoms with van der Waals surface area (Å²) in [6.07, 6.45) is -0.684. The van der Waals surface area contributed by atoms with Crippen LogP contribution in [0, 0.1) is 20.8 Å². The lowest BCUT2D eigenvalue weighted by molar-refractivity contribution is 0.0917. The molecule has 0 saturated heterocycles. The number of aromatic nitrogens is 2. The average Bonchev–Trinajstić information content (AvgIpc) is 3.08.